The topological polar surface area (TPSA) is 57.7 Å². The maximum absolute atomic E-state index is 12.6. The largest absolute Gasteiger partial charge is 0.494 e. The van der Waals surface area contributed by atoms with Crippen molar-refractivity contribution in [3.63, 3.8) is 0 Å². The minimum atomic E-state index is -0.0457. The third-order valence-corrected chi connectivity index (χ3v) is 5.98. The van der Waals surface area contributed by atoms with Gasteiger partial charge in [-0.3, -0.25) is 0 Å². The van der Waals surface area contributed by atoms with Gasteiger partial charge in [0, 0.05) is 31.9 Å². The van der Waals surface area contributed by atoms with Crippen LogP contribution >= 0.6 is 11.3 Å². The summed E-state index contributed by atoms with van der Waals surface area (Å²) in [6.07, 6.45) is 0. The second kappa shape index (κ2) is 7.67. The zero-order valence-electron chi connectivity index (χ0n) is 16.4. The van der Waals surface area contributed by atoms with Gasteiger partial charge in [0.25, 0.3) is 0 Å². The number of hydrogen-bond donors (Lipinski definition) is 1. The molecule has 28 heavy (non-hydrogen) atoms. The number of rotatable bonds is 3. The Kier molecular flexibility index (Phi) is 5.09. The number of para-hydroxylation sites is 1. The maximum Gasteiger partial charge on any atom is 0.321 e. The molecule has 0 saturated carbocycles. The highest BCUT2D eigenvalue weighted by molar-refractivity contribution is 7.22. The van der Waals surface area contributed by atoms with Crippen molar-refractivity contribution in [3.8, 4) is 5.75 Å². The zero-order chi connectivity index (χ0) is 19.7. The first kappa shape index (κ1) is 18.6. The number of anilines is 2. The first-order chi connectivity index (χ1) is 13.5. The van der Waals surface area contributed by atoms with Crippen molar-refractivity contribution in [3.05, 3.63) is 47.5 Å². The molecular formula is C21H24N4O2S. The number of piperazine rings is 1. The summed E-state index contributed by atoms with van der Waals surface area (Å²) in [7, 11) is 1.67. The molecular weight excluding hydrogens is 372 g/mol. The molecule has 1 fully saturated rings. The lowest BCUT2D eigenvalue weighted by atomic mass is 10.1. The van der Waals surface area contributed by atoms with Crippen molar-refractivity contribution in [1.82, 2.24) is 9.88 Å². The minimum absolute atomic E-state index is 0.0457. The van der Waals surface area contributed by atoms with Gasteiger partial charge in [-0.25, -0.2) is 9.78 Å². The highest BCUT2D eigenvalue weighted by atomic mass is 32.1. The lowest BCUT2D eigenvalue weighted by Gasteiger charge is -2.34. The summed E-state index contributed by atoms with van der Waals surface area (Å²) in [6, 6.07) is 12.0. The molecule has 1 N–H and O–H groups in total. The van der Waals surface area contributed by atoms with Gasteiger partial charge in [-0.15, -0.1) is 0 Å². The SMILES string of the molecule is COc1cccc2sc(N3CCN(C(=O)Nc4cc(C)cc(C)c4)CC3)nc12. The van der Waals surface area contributed by atoms with Crippen LogP contribution in [-0.4, -0.2) is 49.2 Å². The predicted octanol–water partition coefficient (Wildman–Crippen LogP) is 4.28. The van der Waals surface area contributed by atoms with Crippen LogP contribution < -0.4 is 15.0 Å². The molecule has 4 rings (SSSR count). The van der Waals surface area contributed by atoms with E-state index in [1.165, 1.54) is 0 Å². The van der Waals surface area contributed by atoms with Crippen molar-refractivity contribution >= 4 is 38.4 Å². The summed E-state index contributed by atoms with van der Waals surface area (Å²) in [5.74, 6) is 0.798. The molecule has 146 valence electrons. The van der Waals surface area contributed by atoms with Gasteiger partial charge in [0.2, 0.25) is 0 Å². The fraction of sp³-hybridized carbons (Fsp3) is 0.333. The van der Waals surface area contributed by atoms with Gasteiger partial charge < -0.3 is 19.9 Å². The van der Waals surface area contributed by atoms with Crippen LogP contribution in [0, 0.1) is 13.8 Å². The molecule has 0 aliphatic carbocycles. The number of nitrogens with zero attached hydrogens (tertiary/aromatic N) is 3. The van der Waals surface area contributed by atoms with Gasteiger partial charge in [0.05, 0.1) is 11.8 Å². The third kappa shape index (κ3) is 3.75. The summed E-state index contributed by atoms with van der Waals surface area (Å²) in [6.45, 7) is 6.95. The van der Waals surface area contributed by atoms with Crippen LogP contribution in [0.15, 0.2) is 36.4 Å². The number of aromatic nitrogens is 1. The van der Waals surface area contributed by atoms with E-state index in [1.807, 2.05) is 43.0 Å². The number of urea groups is 1. The van der Waals surface area contributed by atoms with E-state index >= 15 is 0 Å². The number of carbonyl (C=O) groups is 1. The average Bonchev–Trinajstić information content (AvgIpc) is 3.11. The van der Waals surface area contributed by atoms with Crippen LogP contribution in [0.5, 0.6) is 5.75 Å². The van der Waals surface area contributed by atoms with E-state index in [4.69, 9.17) is 9.72 Å². The Morgan fingerprint density at radius 1 is 1.11 bits per heavy atom. The zero-order valence-corrected chi connectivity index (χ0v) is 17.2. The van der Waals surface area contributed by atoms with Crippen molar-refractivity contribution in [1.29, 1.82) is 0 Å². The lowest BCUT2D eigenvalue weighted by Crippen LogP contribution is -2.50. The van der Waals surface area contributed by atoms with Gasteiger partial charge in [0.1, 0.15) is 11.3 Å². The van der Waals surface area contributed by atoms with Gasteiger partial charge >= 0.3 is 6.03 Å². The minimum Gasteiger partial charge on any atom is -0.494 e. The molecule has 2 aromatic carbocycles. The fourth-order valence-electron chi connectivity index (χ4n) is 3.56. The Morgan fingerprint density at radius 2 is 1.82 bits per heavy atom. The van der Waals surface area contributed by atoms with Crippen molar-refractivity contribution in [2.24, 2.45) is 0 Å². The number of ether oxygens (including phenoxy) is 1. The normalized spacial score (nSPS) is 14.4. The molecule has 7 heteroatoms. The van der Waals surface area contributed by atoms with Gasteiger partial charge in [-0.05, 0) is 49.2 Å². The number of hydrogen-bond acceptors (Lipinski definition) is 5. The molecule has 0 atom stereocenters. The number of fused-ring (bicyclic) bond motifs is 1. The average molecular weight is 397 g/mol. The second-order valence-corrected chi connectivity index (χ2v) is 8.09. The van der Waals surface area contributed by atoms with Crippen LogP contribution in [0.1, 0.15) is 11.1 Å². The second-order valence-electron chi connectivity index (χ2n) is 7.08. The molecule has 2 heterocycles. The van der Waals surface area contributed by atoms with Crippen LogP contribution in [-0.2, 0) is 0 Å². The number of aryl methyl sites for hydroxylation is 2. The molecule has 3 aromatic rings. The van der Waals surface area contributed by atoms with Crippen LogP contribution in [0.3, 0.4) is 0 Å². The number of thiazole rings is 1. The van der Waals surface area contributed by atoms with Crippen LogP contribution in [0.2, 0.25) is 0 Å². The van der Waals surface area contributed by atoms with Crippen molar-refractivity contribution in [2.45, 2.75) is 13.8 Å². The number of carbonyl (C=O) groups excluding carboxylic acids is 1. The van der Waals surface area contributed by atoms with E-state index in [2.05, 4.69) is 22.3 Å². The highest BCUT2D eigenvalue weighted by Gasteiger charge is 2.23. The van der Waals surface area contributed by atoms with E-state index in [-0.39, 0.29) is 6.03 Å². The number of amides is 2. The van der Waals surface area contributed by atoms with Crippen molar-refractivity contribution < 1.29 is 9.53 Å². The summed E-state index contributed by atoms with van der Waals surface area (Å²) in [4.78, 5) is 21.5. The Bertz CT molecular complexity index is 989. The Balaban J connectivity index is 1.41. The quantitative estimate of drug-likeness (QED) is 0.718. The third-order valence-electron chi connectivity index (χ3n) is 4.90. The van der Waals surface area contributed by atoms with E-state index in [9.17, 15) is 4.79 Å². The number of benzene rings is 2. The summed E-state index contributed by atoms with van der Waals surface area (Å²) < 4.78 is 6.53. The molecule has 2 amide bonds. The Morgan fingerprint density at radius 3 is 2.50 bits per heavy atom. The van der Waals surface area contributed by atoms with Crippen molar-refractivity contribution in [2.75, 3.05) is 43.5 Å². The highest BCUT2D eigenvalue weighted by Crippen LogP contribution is 2.34. The lowest BCUT2D eigenvalue weighted by molar-refractivity contribution is 0.208. The number of methoxy groups -OCH3 is 1. The van der Waals surface area contributed by atoms with Gasteiger partial charge in [-0.2, -0.15) is 0 Å². The first-order valence-electron chi connectivity index (χ1n) is 9.36. The molecule has 1 saturated heterocycles. The predicted molar refractivity (Wildman–Crippen MR) is 115 cm³/mol. The molecule has 0 radical (unpaired) electrons. The smallest absolute Gasteiger partial charge is 0.321 e. The van der Waals surface area contributed by atoms with E-state index in [0.29, 0.717) is 13.1 Å². The van der Waals surface area contributed by atoms with E-state index < -0.39 is 0 Å². The summed E-state index contributed by atoms with van der Waals surface area (Å²) in [5.41, 5.74) is 4.04. The van der Waals surface area contributed by atoms with Crippen LogP contribution in [0.25, 0.3) is 10.2 Å². The maximum atomic E-state index is 12.6. The molecule has 0 spiro atoms. The summed E-state index contributed by atoms with van der Waals surface area (Å²) in [5, 5.41) is 4.00. The molecule has 0 bridgehead atoms. The van der Waals surface area contributed by atoms with E-state index in [0.717, 1.165) is 51.0 Å². The number of nitrogens with one attached hydrogen (secondary N) is 1. The Hall–Kier alpha value is -2.80. The first-order valence-corrected chi connectivity index (χ1v) is 10.2. The summed E-state index contributed by atoms with van der Waals surface area (Å²) >= 11 is 1.66. The van der Waals surface area contributed by atoms with Gasteiger partial charge in [0.15, 0.2) is 5.13 Å². The Labute approximate surface area is 168 Å². The molecule has 1 aliphatic heterocycles. The standard InChI is InChI=1S/C21H24N4O2S/c1-14-11-15(2)13-16(12-14)22-20(26)24-7-9-25(10-8-24)21-23-19-17(27-3)5-4-6-18(19)28-21/h4-6,11-13H,7-10H2,1-3H3,(H,22,26). The fourth-order valence-corrected chi connectivity index (χ4v) is 4.60. The molecule has 0 unspecified atom stereocenters. The monoisotopic (exact) mass is 396 g/mol. The molecule has 1 aliphatic rings. The van der Waals surface area contributed by atoms with Gasteiger partial charge in [-0.1, -0.05) is 23.5 Å². The molecule has 1 aromatic heterocycles. The van der Waals surface area contributed by atoms with E-state index in [1.54, 1.807) is 18.4 Å². The molecule has 6 nitrogen and oxygen atoms in total. The van der Waals surface area contributed by atoms with Crippen LogP contribution in [0.4, 0.5) is 15.6 Å².